The molecule has 5 heteroatoms. The fourth-order valence-corrected chi connectivity index (χ4v) is 4.03. The summed E-state index contributed by atoms with van der Waals surface area (Å²) in [5.41, 5.74) is 13.7. The largest absolute Gasteiger partial charge is 0.383 e. The van der Waals surface area contributed by atoms with Crippen molar-refractivity contribution in [2.45, 2.75) is 26.7 Å². The van der Waals surface area contributed by atoms with Crippen molar-refractivity contribution in [1.29, 1.82) is 0 Å². The molecule has 0 bridgehead atoms. The highest BCUT2D eigenvalue weighted by Gasteiger charge is 2.16. The van der Waals surface area contributed by atoms with E-state index in [0.717, 1.165) is 34.4 Å². The van der Waals surface area contributed by atoms with Crippen molar-refractivity contribution in [2.24, 2.45) is 0 Å². The van der Waals surface area contributed by atoms with Gasteiger partial charge >= 0.3 is 0 Å². The second-order valence-electron chi connectivity index (χ2n) is 7.98. The van der Waals surface area contributed by atoms with Crippen LogP contribution >= 0.6 is 0 Å². The number of anilines is 1. The predicted octanol–water partition coefficient (Wildman–Crippen LogP) is 5.53. The number of aryl methyl sites for hydroxylation is 2. The molecule has 0 spiro atoms. The Morgan fingerprint density at radius 1 is 0.781 bits per heavy atom. The summed E-state index contributed by atoms with van der Waals surface area (Å²) >= 11 is 0. The van der Waals surface area contributed by atoms with E-state index in [0.29, 0.717) is 18.1 Å². The van der Waals surface area contributed by atoms with Gasteiger partial charge in [-0.25, -0.2) is 14.6 Å². The van der Waals surface area contributed by atoms with Crippen LogP contribution in [0.15, 0.2) is 78.9 Å². The van der Waals surface area contributed by atoms with Crippen molar-refractivity contribution in [3.8, 4) is 16.8 Å². The second-order valence-corrected chi connectivity index (χ2v) is 7.98. The summed E-state index contributed by atoms with van der Waals surface area (Å²) in [6, 6.07) is 27.3. The van der Waals surface area contributed by atoms with E-state index in [9.17, 15) is 0 Å². The van der Waals surface area contributed by atoms with Gasteiger partial charge in [-0.15, -0.1) is 0 Å². The molecule has 5 aromatic rings. The highest BCUT2D eigenvalue weighted by molar-refractivity contribution is 5.89. The van der Waals surface area contributed by atoms with Crippen LogP contribution in [-0.4, -0.2) is 19.7 Å². The van der Waals surface area contributed by atoms with Crippen LogP contribution in [0.2, 0.25) is 0 Å². The fraction of sp³-hybridized carbons (Fsp3) is 0.148. The first-order chi connectivity index (χ1) is 15.6. The Hall–Kier alpha value is -3.99. The molecule has 0 atom stereocenters. The van der Waals surface area contributed by atoms with Crippen LogP contribution < -0.4 is 5.73 Å². The molecule has 5 nitrogen and oxygen atoms in total. The molecule has 0 fully saturated rings. The van der Waals surface area contributed by atoms with Gasteiger partial charge in [0, 0.05) is 6.42 Å². The molecule has 0 saturated heterocycles. The lowest BCUT2D eigenvalue weighted by Crippen LogP contribution is -2.04. The van der Waals surface area contributed by atoms with Gasteiger partial charge in [0.25, 0.3) is 0 Å². The first-order valence-corrected chi connectivity index (χ1v) is 10.9. The third-order valence-corrected chi connectivity index (χ3v) is 5.79. The zero-order valence-corrected chi connectivity index (χ0v) is 18.3. The van der Waals surface area contributed by atoms with Crippen LogP contribution in [0.25, 0.3) is 27.8 Å². The van der Waals surface area contributed by atoms with Crippen molar-refractivity contribution in [3.05, 3.63) is 102 Å². The average Bonchev–Trinajstić information content (AvgIpc) is 3.16. The molecule has 158 valence electrons. The molecule has 0 saturated carbocycles. The van der Waals surface area contributed by atoms with Gasteiger partial charge in [-0.1, -0.05) is 73.7 Å². The topological polar surface area (TPSA) is 69.6 Å². The molecular weight excluding hydrogens is 394 g/mol. The maximum atomic E-state index is 6.32. The lowest BCUT2D eigenvalue weighted by Gasteiger charge is -2.08. The van der Waals surface area contributed by atoms with Crippen molar-refractivity contribution in [1.82, 2.24) is 19.7 Å². The number of hydrogen-bond donors (Lipinski definition) is 1. The molecular formula is C27H25N5. The molecule has 0 radical (unpaired) electrons. The normalized spacial score (nSPS) is 11.2. The highest BCUT2D eigenvalue weighted by Crippen LogP contribution is 2.27. The molecule has 5 rings (SSSR count). The number of benzene rings is 3. The van der Waals surface area contributed by atoms with E-state index in [-0.39, 0.29) is 0 Å². The molecule has 32 heavy (non-hydrogen) atoms. The van der Waals surface area contributed by atoms with Gasteiger partial charge in [0.15, 0.2) is 5.65 Å². The van der Waals surface area contributed by atoms with Gasteiger partial charge in [0.2, 0.25) is 0 Å². The van der Waals surface area contributed by atoms with Crippen LogP contribution in [0, 0.1) is 6.92 Å². The fourth-order valence-electron chi connectivity index (χ4n) is 4.03. The van der Waals surface area contributed by atoms with Crippen LogP contribution in [0.1, 0.15) is 29.6 Å². The molecule has 0 aliphatic heterocycles. The third kappa shape index (κ3) is 3.73. The van der Waals surface area contributed by atoms with Crippen LogP contribution in [0.3, 0.4) is 0 Å². The third-order valence-electron chi connectivity index (χ3n) is 5.79. The smallest absolute Gasteiger partial charge is 0.168 e. The quantitative estimate of drug-likeness (QED) is 0.407. The Kier molecular flexibility index (Phi) is 5.15. The molecule has 3 aromatic carbocycles. The van der Waals surface area contributed by atoms with Crippen molar-refractivity contribution in [2.75, 3.05) is 5.73 Å². The number of nitrogen functional groups attached to an aromatic ring is 1. The summed E-state index contributed by atoms with van der Waals surface area (Å²) in [6.45, 7) is 4.11. The maximum absolute atomic E-state index is 6.32. The van der Waals surface area contributed by atoms with E-state index in [4.69, 9.17) is 15.8 Å². The minimum absolute atomic E-state index is 0.470. The molecule has 0 unspecified atom stereocenters. The van der Waals surface area contributed by atoms with Gasteiger partial charge < -0.3 is 5.73 Å². The minimum atomic E-state index is 0.470. The zero-order valence-electron chi connectivity index (χ0n) is 18.3. The first kappa shape index (κ1) is 19.9. The Balaban J connectivity index is 1.53. The summed E-state index contributed by atoms with van der Waals surface area (Å²) < 4.78 is 1.86. The Labute approximate surface area is 187 Å². The molecule has 0 amide bonds. The highest BCUT2D eigenvalue weighted by atomic mass is 15.3. The van der Waals surface area contributed by atoms with E-state index in [1.807, 2.05) is 29.8 Å². The van der Waals surface area contributed by atoms with Gasteiger partial charge in [-0.2, -0.15) is 5.10 Å². The number of nitrogens with zero attached hydrogens (tertiary/aromatic N) is 4. The van der Waals surface area contributed by atoms with Crippen molar-refractivity contribution >= 4 is 16.9 Å². The summed E-state index contributed by atoms with van der Waals surface area (Å²) in [5, 5.41) is 5.53. The molecule has 2 aromatic heterocycles. The first-order valence-electron chi connectivity index (χ1n) is 10.9. The molecule has 2 N–H and O–H groups in total. The SMILES string of the molecule is CCc1ccc(-c2ccc(-n3nc(C)c4c(N)nc(Cc5ccccc5)nc43)cc2)cc1. The summed E-state index contributed by atoms with van der Waals surface area (Å²) in [5.74, 6) is 1.16. The monoisotopic (exact) mass is 419 g/mol. The zero-order chi connectivity index (χ0) is 22.1. The number of nitrogens with two attached hydrogens (primary N) is 1. The summed E-state index contributed by atoms with van der Waals surface area (Å²) in [4.78, 5) is 9.38. The Morgan fingerprint density at radius 3 is 2.09 bits per heavy atom. The van der Waals surface area contributed by atoms with Crippen molar-refractivity contribution in [3.63, 3.8) is 0 Å². The van der Waals surface area contributed by atoms with Gasteiger partial charge in [0.05, 0.1) is 16.8 Å². The molecule has 0 aliphatic rings. The summed E-state index contributed by atoms with van der Waals surface area (Å²) in [6.07, 6.45) is 1.67. The van der Waals surface area contributed by atoms with E-state index in [1.54, 1.807) is 0 Å². The van der Waals surface area contributed by atoms with E-state index in [1.165, 1.54) is 16.7 Å². The Bertz CT molecular complexity index is 1370. The van der Waals surface area contributed by atoms with E-state index < -0.39 is 0 Å². The van der Waals surface area contributed by atoms with Crippen molar-refractivity contribution < 1.29 is 0 Å². The number of rotatable bonds is 5. The van der Waals surface area contributed by atoms with Crippen LogP contribution in [0.5, 0.6) is 0 Å². The van der Waals surface area contributed by atoms with Crippen LogP contribution in [-0.2, 0) is 12.8 Å². The lowest BCUT2D eigenvalue weighted by atomic mass is 10.0. The Morgan fingerprint density at radius 2 is 1.44 bits per heavy atom. The van der Waals surface area contributed by atoms with Gasteiger partial charge in [-0.3, -0.25) is 0 Å². The summed E-state index contributed by atoms with van der Waals surface area (Å²) in [7, 11) is 0. The van der Waals surface area contributed by atoms with Gasteiger partial charge in [0.1, 0.15) is 11.6 Å². The van der Waals surface area contributed by atoms with E-state index in [2.05, 4.69) is 72.6 Å². The second kappa shape index (κ2) is 8.27. The molecule has 2 heterocycles. The number of hydrogen-bond acceptors (Lipinski definition) is 4. The maximum Gasteiger partial charge on any atom is 0.168 e. The van der Waals surface area contributed by atoms with E-state index >= 15 is 0 Å². The number of fused-ring (bicyclic) bond motifs is 1. The van der Waals surface area contributed by atoms with Crippen LogP contribution in [0.4, 0.5) is 5.82 Å². The lowest BCUT2D eigenvalue weighted by molar-refractivity contribution is 0.868. The standard InChI is InChI=1S/C27H25N5/c1-3-19-9-11-21(12-10-19)22-13-15-23(16-14-22)32-27-25(18(2)31-32)26(28)29-24(30-27)17-20-7-5-4-6-8-20/h4-16H,3,17H2,1-2H3,(H2,28,29,30). The van der Waals surface area contributed by atoms with Gasteiger partial charge in [-0.05, 0) is 47.7 Å². The number of aromatic nitrogens is 4. The average molecular weight is 420 g/mol. The minimum Gasteiger partial charge on any atom is -0.383 e. The molecule has 0 aliphatic carbocycles. The predicted molar refractivity (Wildman–Crippen MR) is 130 cm³/mol.